The Morgan fingerprint density at radius 1 is 1.07 bits per heavy atom. The van der Waals surface area contributed by atoms with Gasteiger partial charge in [-0.2, -0.15) is 0 Å². The molecule has 0 bridgehead atoms. The number of Topliss-reactive ketones (excluding diaryl/α,β-unsaturated/α-hetero) is 2. The highest BCUT2D eigenvalue weighted by Crippen LogP contribution is 2.56. The van der Waals surface area contributed by atoms with Gasteiger partial charge in [0.05, 0.1) is 17.4 Å². The number of benzene rings is 2. The van der Waals surface area contributed by atoms with Crippen LogP contribution in [0.2, 0.25) is 0 Å². The highest BCUT2D eigenvalue weighted by atomic mass is 35.5. The van der Waals surface area contributed by atoms with E-state index in [1.54, 1.807) is 31.2 Å². The van der Waals surface area contributed by atoms with Gasteiger partial charge in [0.1, 0.15) is 22.8 Å². The zero-order valence-electron chi connectivity index (χ0n) is 21.5. The second-order valence-electron chi connectivity index (χ2n) is 10.3. The standard InChI is InChI=1S/C28H26ClN3O9/c1-10-13-6-7-15(32-27(40)31-12-4-2-11(9-29)3-5-12)22(35)18(13)23(36)20-17(10)21(34)14-8-16(33)19(26(30)39)24(37)28(14,41)25(20)38/h2-7,10,14,17,21,34-37,41H,8-9H2,1H3,(H2,30,39)(H2,31,32,40)/t10-,14+,17+,21+,28+/m0/s1. The number of ketones is 2. The minimum atomic E-state index is -2.93. The molecule has 214 valence electrons. The number of hydrogen-bond donors (Lipinski definition) is 8. The van der Waals surface area contributed by atoms with Crippen LogP contribution in [0.3, 0.4) is 0 Å². The summed E-state index contributed by atoms with van der Waals surface area (Å²) in [7, 11) is 0. The van der Waals surface area contributed by atoms with Crippen LogP contribution in [0.5, 0.6) is 5.75 Å². The maximum absolute atomic E-state index is 13.7. The summed E-state index contributed by atoms with van der Waals surface area (Å²) in [5.74, 6) is -9.40. The van der Waals surface area contributed by atoms with Gasteiger partial charge in [0, 0.05) is 35.4 Å². The topological polar surface area (TPSA) is 220 Å². The summed E-state index contributed by atoms with van der Waals surface area (Å²) >= 11 is 5.78. The zero-order valence-corrected chi connectivity index (χ0v) is 22.3. The molecule has 0 spiro atoms. The first-order valence-corrected chi connectivity index (χ1v) is 13.1. The molecular formula is C28H26ClN3O9. The number of phenols is 1. The summed E-state index contributed by atoms with van der Waals surface area (Å²) in [5.41, 5.74) is 2.01. The lowest BCUT2D eigenvalue weighted by molar-refractivity contribution is -0.160. The van der Waals surface area contributed by atoms with E-state index in [-0.39, 0.29) is 11.3 Å². The van der Waals surface area contributed by atoms with E-state index in [9.17, 15) is 44.7 Å². The summed E-state index contributed by atoms with van der Waals surface area (Å²) in [6, 6.07) is 8.84. The first kappa shape index (κ1) is 28.1. The molecule has 0 saturated heterocycles. The molecule has 12 nitrogen and oxygen atoms in total. The number of aliphatic hydroxyl groups is 4. The Morgan fingerprint density at radius 3 is 2.34 bits per heavy atom. The van der Waals surface area contributed by atoms with Crippen LogP contribution < -0.4 is 16.4 Å². The van der Waals surface area contributed by atoms with E-state index in [1.165, 1.54) is 12.1 Å². The number of fused-ring (bicyclic) bond motifs is 3. The van der Waals surface area contributed by atoms with Gasteiger partial charge in [-0.1, -0.05) is 25.1 Å². The smallest absolute Gasteiger partial charge is 0.323 e. The predicted molar refractivity (Wildman–Crippen MR) is 146 cm³/mol. The number of anilines is 2. The summed E-state index contributed by atoms with van der Waals surface area (Å²) in [6.45, 7) is 1.61. The number of primary amides is 1. The average molecular weight is 584 g/mol. The van der Waals surface area contributed by atoms with Crippen LogP contribution >= 0.6 is 11.6 Å². The van der Waals surface area contributed by atoms with Gasteiger partial charge in [-0.25, -0.2) is 4.79 Å². The number of nitrogens with two attached hydrogens (primary N) is 1. The van der Waals surface area contributed by atoms with Crippen molar-refractivity contribution in [1.29, 1.82) is 0 Å². The number of hydrogen-bond acceptors (Lipinski definition) is 9. The molecule has 3 amide bonds. The SMILES string of the molecule is C[C@H]1c2ccc(NC(=O)Nc3ccc(CCl)cc3)c(O)c2C(O)=C2C(=O)[C@]3(O)C(O)=C(C(N)=O)C(=O)C[C@@H]3[C@@H](O)[C@@H]21. The lowest BCUT2D eigenvalue weighted by Gasteiger charge is -2.50. The molecule has 0 radical (unpaired) electrons. The van der Waals surface area contributed by atoms with Crippen molar-refractivity contribution in [3.8, 4) is 5.75 Å². The Hall–Kier alpha value is -4.39. The Morgan fingerprint density at radius 2 is 1.73 bits per heavy atom. The van der Waals surface area contributed by atoms with E-state index < -0.39 is 87.8 Å². The van der Waals surface area contributed by atoms with Crippen LogP contribution in [0.25, 0.3) is 5.76 Å². The summed E-state index contributed by atoms with van der Waals surface area (Å²) in [6.07, 6.45) is -2.29. The molecule has 2 aromatic rings. The predicted octanol–water partition coefficient (Wildman–Crippen LogP) is 2.34. The third kappa shape index (κ3) is 4.14. The van der Waals surface area contributed by atoms with Crippen molar-refractivity contribution >= 4 is 52.2 Å². The van der Waals surface area contributed by atoms with Gasteiger partial charge in [0.25, 0.3) is 5.91 Å². The van der Waals surface area contributed by atoms with Crippen molar-refractivity contribution in [3.05, 3.63) is 70.0 Å². The molecule has 3 aliphatic carbocycles. The second-order valence-corrected chi connectivity index (χ2v) is 10.6. The highest BCUT2D eigenvalue weighted by molar-refractivity contribution is 6.23. The average Bonchev–Trinajstić information content (AvgIpc) is 2.92. The molecule has 0 unspecified atom stereocenters. The number of phenolic OH excluding ortho intramolecular Hbond substituents is 1. The van der Waals surface area contributed by atoms with Gasteiger partial charge in [-0.15, -0.1) is 11.6 Å². The fourth-order valence-corrected chi connectivity index (χ4v) is 6.24. The normalized spacial score (nSPS) is 27.1. The molecule has 3 aliphatic rings. The van der Waals surface area contributed by atoms with Gasteiger partial charge < -0.3 is 41.9 Å². The third-order valence-electron chi connectivity index (χ3n) is 8.11. The Kier molecular flexibility index (Phi) is 6.80. The highest BCUT2D eigenvalue weighted by Gasteiger charge is 2.64. The lowest BCUT2D eigenvalue weighted by Crippen LogP contribution is -2.63. The fraction of sp³-hybridized carbons (Fsp3) is 0.286. The quantitative estimate of drug-likeness (QED) is 0.150. The molecule has 2 aromatic carbocycles. The number of urea groups is 1. The number of rotatable bonds is 4. The number of halogens is 1. The van der Waals surface area contributed by atoms with Crippen molar-refractivity contribution in [1.82, 2.24) is 0 Å². The van der Waals surface area contributed by atoms with E-state index in [2.05, 4.69) is 10.6 Å². The van der Waals surface area contributed by atoms with E-state index in [4.69, 9.17) is 17.3 Å². The third-order valence-corrected chi connectivity index (χ3v) is 8.42. The number of alkyl halides is 1. The van der Waals surface area contributed by atoms with Gasteiger partial charge >= 0.3 is 6.03 Å². The Labute approximate surface area is 237 Å². The zero-order chi connectivity index (χ0) is 30.0. The Balaban J connectivity index is 1.55. The molecule has 1 fully saturated rings. The first-order valence-electron chi connectivity index (χ1n) is 12.6. The van der Waals surface area contributed by atoms with E-state index in [0.29, 0.717) is 17.1 Å². The lowest BCUT2D eigenvalue weighted by atomic mass is 9.55. The van der Waals surface area contributed by atoms with E-state index >= 15 is 0 Å². The molecule has 0 aliphatic heterocycles. The van der Waals surface area contributed by atoms with Crippen molar-refractivity contribution in [3.63, 3.8) is 0 Å². The maximum Gasteiger partial charge on any atom is 0.323 e. The number of aromatic hydroxyl groups is 1. The molecule has 1 saturated carbocycles. The van der Waals surface area contributed by atoms with Gasteiger partial charge in [0.2, 0.25) is 5.78 Å². The number of carbonyl (C=O) groups excluding carboxylic acids is 4. The molecule has 0 aromatic heterocycles. The second kappa shape index (κ2) is 9.91. The molecule has 5 atom stereocenters. The molecule has 0 heterocycles. The molecular weight excluding hydrogens is 558 g/mol. The Bertz CT molecular complexity index is 1580. The van der Waals surface area contributed by atoms with Crippen molar-refractivity contribution in [2.24, 2.45) is 17.6 Å². The molecule has 9 N–H and O–H groups in total. The number of carbonyl (C=O) groups is 4. The first-order chi connectivity index (χ1) is 19.3. The minimum absolute atomic E-state index is 0.126. The van der Waals surface area contributed by atoms with Crippen LogP contribution in [0, 0.1) is 11.8 Å². The van der Waals surface area contributed by atoms with Gasteiger partial charge in [-0.05, 0) is 35.2 Å². The van der Waals surface area contributed by atoms with Crippen LogP contribution in [0.1, 0.15) is 36.0 Å². The van der Waals surface area contributed by atoms with Crippen LogP contribution in [0.15, 0.2) is 53.3 Å². The van der Waals surface area contributed by atoms with Crippen molar-refractivity contribution in [2.45, 2.75) is 36.8 Å². The fourth-order valence-electron chi connectivity index (χ4n) is 6.06. The van der Waals surface area contributed by atoms with Crippen molar-refractivity contribution in [2.75, 3.05) is 10.6 Å². The maximum atomic E-state index is 13.7. The van der Waals surface area contributed by atoms with Crippen LogP contribution in [0.4, 0.5) is 16.2 Å². The molecule has 13 heteroatoms. The van der Waals surface area contributed by atoms with Crippen LogP contribution in [-0.2, 0) is 20.3 Å². The van der Waals surface area contributed by atoms with Gasteiger partial charge in [-0.3, -0.25) is 14.4 Å². The monoisotopic (exact) mass is 583 g/mol. The summed E-state index contributed by atoms with van der Waals surface area (Å²) in [4.78, 5) is 50.7. The number of amides is 3. The molecule has 5 rings (SSSR count). The largest absolute Gasteiger partial charge is 0.508 e. The van der Waals surface area contributed by atoms with Gasteiger partial charge in [0.15, 0.2) is 11.4 Å². The molecule has 41 heavy (non-hydrogen) atoms. The van der Waals surface area contributed by atoms with E-state index in [1.807, 2.05) is 0 Å². The number of nitrogens with one attached hydrogen (secondary N) is 2. The van der Waals surface area contributed by atoms with Crippen LogP contribution in [-0.4, -0.2) is 60.7 Å². The number of aliphatic hydroxyl groups excluding tert-OH is 3. The van der Waals surface area contributed by atoms with Crippen molar-refractivity contribution < 1.29 is 44.7 Å². The van der Waals surface area contributed by atoms with E-state index in [0.717, 1.165) is 5.56 Å². The summed E-state index contributed by atoms with van der Waals surface area (Å²) < 4.78 is 0. The summed E-state index contributed by atoms with van der Waals surface area (Å²) in [5, 5.41) is 60.8. The minimum Gasteiger partial charge on any atom is -0.508 e.